The number of unbranched alkanes of at least 4 members (excludes halogenated alkanes) is 3. The molecule has 0 aliphatic carbocycles. The molecule has 0 saturated carbocycles. The molecule has 112 valence electrons. The fourth-order valence-electron chi connectivity index (χ4n) is 2.28. The zero-order valence-electron chi connectivity index (χ0n) is 12.5. The molecule has 1 fully saturated rings. The smallest absolute Gasteiger partial charge is 0.334 e. The predicted molar refractivity (Wildman–Crippen MR) is 79.1 cm³/mol. The zero-order valence-corrected chi connectivity index (χ0v) is 12.5. The summed E-state index contributed by atoms with van der Waals surface area (Å²) in [4.78, 5) is 11.0. The third kappa shape index (κ3) is 7.30. The van der Waals surface area contributed by atoms with Crippen molar-refractivity contribution >= 4 is 5.97 Å². The van der Waals surface area contributed by atoms with E-state index in [0.29, 0.717) is 12.0 Å². The van der Waals surface area contributed by atoms with Gasteiger partial charge in [0.05, 0.1) is 6.07 Å². The summed E-state index contributed by atoms with van der Waals surface area (Å²) in [5.74, 6) is -0.188. The molecule has 1 N–H and O–H groups in total. The van der Waals surface area contributed by atoms with Crippen molar-refractivity contribution in [2.24, 2.45) is 0 Å². The highest BCUT2D eigenvalue weighted by Gasteiger charge is 2.21. The Bertz CT molecular complexity index is 342. The molecule has 1 saturated heterocycles. The maximum atomic E-state index is 11.0. The van der Waals surface area contributed by atoms with Gasteiger partial charge in [0, 0.05) is 12.0 Å². The number of nitrogens with one attached hydrogen (secondary N) is 1. The van der Waals surface area contributed by atoms with Crippen molar-refractivity contribution in [3.63, 3.8) is 0 Å². The molecule has 0 aromatic carbocycles. The van der Waals surface area contributed by atoms with Crippen LogP contribution in [0.3, 0.4) is 0 Å². The van der Waals surface area contributed by atoms with Crippen LogP contribution in [-0.2, 0) is 9.53 Å². The lowest BCUT2D eigenvalue weighted by Crippen LogP contribution is -2.21. The molecule has 2 aliphatic heterocycles. The lowest BCUT2D eigenvalue weighted by atomic mass is 10.1. The third-order valence-corrected chi connectivity index (χ3v) is 3.50. The Labute approximate surface area is 122 Å². The Morgan fingerprint density at radius 2 is 2.05 bits per heavy atom. The SMILES string of the molecule is C1CCNCC1.CC1=CC(CCCCCC#N)OC1=O. The molecule has 2 heterocycles. The summed E-state index contributed by atoms with van der Waals surface area (Å²) < 4.78 is 5.08. The van der Waals surface area contributed by atoms with Crippen LogP contribution in [0.15, 0.2) is 11.6 Å². The molecule has 0 aromatic heterocycles. The van der Waals surface area contributed by atoms with Crippen LogP contribution in [0.5, 0.6) is 0 Å². The number of piperidine rings is 1. The Balaban J connectivity index is 0.000000276. The second kappa shape index (κ2) is 10.4. The fourth-order valence-corrected chi connectivity index (χ4v) is 2.28. The number of hydrogen-bond acceptors (Lipinski definition) is 4. The molecule has 4 nitrogen and oxygen atoms in total. The Hall–Kier alpha value is -1.34. The van der Waals surface area contributed by atoms with Gasteiger partial charge in [-0.3, -0.25) is 0 Å². The van der Waals surface area contributed by atoms with Crippen LogP contribution in [0.2, 0.25) is 0 Å². The van der Waals surface area contributed by atoms with E-state index in [9.17, 15) is 4.79 Å². The van der Waals surface area contributed by atoms with Crippen molar-refractivity contribution in [2.75, 3.05) is 13.1 Å². The standard InChI is InChI=1S/C11H15NO2.C5H11N/c1-9-8-10(14-11(9)13)6-4-2-3-5-7-12;1-2-4-6-5-3-1/h8,10H,2-6H2,1H3;6H,1-5H2. The van der Waals surface area contributed by atoms with Crippen molar-refractivity contribution < 1.29 is 9.53 Å². The molecule has 0 bridgehead atoms. The molecular weight excluding hydrogens is 252 g/mol. The molecule has 2 rings (SSSR count). The molecular formula is C16H26N2O2. The van der Waals surface area contributed by atoms with Crippen molar-refractivity contribution in [3.05, 3.63) is 11.6 Å². The van der Waals surface area contributed by atoms with Crippen molar-refractivity contribution in [1.29, 1.82) is 5.26 Å². The van der Waals surface area contributed by atoms with Crippen molar-refractivity contribution in [2.45, 2.75) is 64.4 Å². The first-order chi connectivity index (χ1) is 9.74. The van der Waals surface area contributed by atoms with Crippen LogP contribution >= 0.6 is 0 Å². The van der Waals surface area contributed by atoms with Crippen LogP contribution in [0.25, 0.3) is 0 Å². The van der Waals surface area contributed by atoms with Crippen LogP contribution < -0.4 is 5.32 Å². The highest BCUT2D eigenvalue weighted by atomic mass is 16.5. The number of esters is 1. The summed E-state index contributed by atoms with van der Waals surface area (Å²) >= 11 is 0. The summed E-state index contributed by atoms with van der Waals surface area (Å²) in [5.41, 5.74) is 0.715. The lowest BCUT2D eigenvalue weighted by Gasteiger charge is -2.08. The fraction of sp³-hybridized carbons (Fsp3) is 0.750. The number of cyclic esters (lactones) is 1. The van der Waals surface area contributed by atoms with Gasteiger partial charge in [0.15, 0.2) is 0 Å². The topological polar surface area (TPSA) is 62.1 Å². The quantitative estimate of drug-likeness (QED) is 0.620. The first-order valence-corrected chi connectivity index (χ1v) is 7.71. The number of carbonyl (C=O) groups excluding carboxylic acids is 1. The molecule has 1 unspecified atom stereocenters. The highest BCUT2D eigenvalue weighted by molar-refractivity contribution is 5.90. The number of nitrogens with zero attached hydrogens (tertiary/aromatic N) is 1. The van der Waals surface area contributed by atoms with E-state index in [1.54, 1.807) is 6.92 Å². The van der Waals surface area contributed by atoms with Gasteiger partial charge in [-0.25, -0.2) is 4.79 Å². The van der Waals surface area contributed by atoms with Gasteiger partial charge in [-0.05, 0) is 58.2 Å². The molecule has 2 aliphatic rings. The average Bonchev–Trinajstić information content (AvgIpc) is 2.80. The first kappa shape index (κ1) is 16.7. The molecule has 1 atom stereocenters. The summed E-state index contributed by atoms with van der Waals surface area (Å²) in [6.45, 7) is 4.28. The predicted octanol–water partition coefficient (Wildman–Crippen LogP) is 3.09. The number of rotatable bonds is 5. The van der Waals surface area contributed by atoms with Crippen LogP contribution in [0, 0.1) is 11.3 Å². The monoisotopic (exact) mass is 278 g/mol. The van der Waals surface area contributed by atoms with Crippen molar-refractivity contribution in [3.8, 4) is 6.07 Å². The van der Waals surface area contributed by atoms with Gasteiger partial charge in [-0.15, -0.1) is 0 Å². The number of nitriles is 1. The number of ether oxygens (including phenoxy) is 1. The van der Waals surface area contributed by atoms with E-state index in [-0.39, 0.29) is 12.1 Å². The Morgan fingerprint density at radius 3 is 2.50 bits per heavy atom. The highest BCUT2D eigenvalue weighted by Crippen LogP contribution is 2.18. The second-order valence-electron chi connectivity index (χ2n) is 5.36. The van der Waals surface area contributed by atoms with Crippen LogP contribution in [0.4, 0.5) is 0 Å². The lowest BCUT2D eigenvalue weighted by molar-refractivity contribution is -0.139. The van der Waals surface area contributed by atoms with E-state index < -0.39 is 0 Å². The van der Waals surface area contributed by atoms with Gasteiger partial charge in [-0.1, -0.05) is 12.8 Å². The molecule has 0 radical (unpaired) electrons. The molecule has 0 spiro atoms. The van der Waals surface area contributed by atoms with Gasteiger partial charge in [0.1, 0.15) is 6.10 Å². The summed E-state index contributed by atoms with van der Waals surface area (Å²) in [6, 6.07) is 2.11. The van der Waals surface area contributed by atoms with Gasteiger partial charge in [0.25, 0.3) is 0 Å². The van der Waals surface area contributed by atoms with E-state index in [1.807, 2.05) is 6.08 Å². The van der Waals surface area contributed by atoms with Gasteiger partial charge in [0.2, 0.25) is 0 Å². The molecule has 0 amide bonds. The average molecular weight is 278 g/mol. The van der Waals surface area contributed by atoms with Gasteiger partial charge < -0.3 is 10.1 Å². The number of carbonyl (C=O) groups is 1. The minimum Gasteiger partial charge on any atom is -0.455 e. The third-order valence-electron chi connectivity index (χ3n) is 3.50. The van der Waals surface area contributed by atoms with E-state index in [1.165, 1.54) is 32.4 Å². The van der Waals surface area contributed by atoms with E-state index in [2.05, 4.69) is 11.4 Å². The molecule has 4 heteroatoms. The minimum atomic E-state index is -0.188. The summed E-state index contributed by atoms with van der Waals surface area (Å²) in [7, 11) is 0. The van der Waals surface area contributed by atoms with Crippen LogP contribution in [-0.4, -0.2) is 25.2 Å². The van der Waals surface area contributed by atoms with Crippen molar-refractivity contribution in [1.82, 2.24) is 5.32 Å². The molecule has 0 aromatic rings. The van der Waals surface area contributed by atoms with Gasteiger partial charge >= 0.3 is 5.97 Å². The Morgan fingerprint density at radius 1 is 1.30 bits per heavy atom. The normalized spacial score (nSPS) is 21.3. The maximum absolute atomic E-state index is 11.0. The zero-order chi connectivity index (χ0) is 14.6. The molecule has 20 heavy (non-hydrogen) atoms. The number of hydrogen-bond donors (Lipinski definition) is 1. The summed E-state index contributed by atoms with van der Waals surface area (Å²) in [6.07, 6.45) is 10.6. The summed E-state index contributed by atoms with van der Waals surface area (Å²) in [5, 5.41) is 11.6. The maximum Gasteiger partial charge on any atom is 0.334 e. The second-order valence-corrected chi connectivity index (χ2v) is 5.36. The van der Waals surface area contributed by atoms with E-state index in [4.69, 9.17) is 10.00 Å². The first-order valence-electron chi connectivity index (χ1n) is 7.71. The van der Waals surface area contributed by atoms with E-state index in [0.717, 1.165) is 25.7 Å². The van der Waals surface area contributed by atoms with Gasteiger partial charge in [-0.2, -0.15) is 5.26 Å². The Kier molecular flexibility index (Phi) is 8.73. The largest absolute Gasteiger partial charge is 0.455 e. The minimum absolute atomic E-state index is 0.0235. The van der Waals surface area contributed by atoms with Crippen LogP contribution in [0.1, 0.15) is 58.3 Å². The van der Waals surface area contributed by atoms with E-state index >= 15 is 0 Å².